The normalized spacial score (nSPS) is 9.83. The van der Waals surface area contributed by atoms with E-state index >= 15 is 0 Å². The second-order valence-electron chi connectivity index (χ2n) is 3.67. The van der Waals surface area contributed by atoms with E-state index in [1.807, 2.05) is 0 Å². The molecule has 1 amide bonds. The van der Waals surface area contributed by atoms with Crippen LogP contribution in [0.5, 0.6) is 0 Å². The summed E-state index contributed by atoms with van der Waals surface area (Å²) in [5, 5.41) is 17.3. The molecule has 6 heteroatoms. The molecule has 1 aromatic rings. The van der Waals surface area contributed by atoms with E-state index in [2.05, 4.69) is 0 Å². The first kappa shape index (κ1) is 13.7. The summed E-state index contributed by atoms with van der Waals surface area (Å²) in [5.41, 5.74) is 0.592. The molecule has 96 valence electrons. The Balaban J connectivity index is 2.89. The minimum atomic E-state index is -1.05. The number of rotatable bonds is 5. The molecular formula is C12H13NO5. The van der Waals surface area contributed by atoms with Gasteiger partial charge in [0.1, 0.15) is 0 Å². The van der Waals surface area contributed by atoms with Crippen LogP contribution in [-0.2, 0) is 9.59 Å². The summed E-state index contributed by atoms with van der Waals surface area (Å²) >= 11 is 0. The zero-order valence-electron chi connectivity index (χ0n) is 9.79. The highest BCUT2D eigenvalue weighted by Crippen LogP contribution is 2.16. The molecule has 0 spiro atoms. The molecule has 2 N–H and O–H groups in total. The van der Waals surface area contributed by atoms with Gasteiger partial charge in [0.15, 0.2) is 0 Å². The number of carboxylic acids is 2. The maximum absolute atomic E-state index is 11.4. The van der Waals surface area contributed by atoms with Crippen LogP contribution in [0.15, 0.2) is 24.3 Å². The molecule has 18 heavy (non-hydrogen) atoms. The predicted octanol–water partition coefficient (Wildman–Crippen LogP) is 1.21. The van der Waals surface area contributed by atoms with Gasteiger partial charge in [-0.15, -0.1) is 0 Å². The number of carbonyl (C=O) groups is 3. The van der Waals surface area contributed by atoms with Crippen molar-refractivity contribution in [1.82, 2.24) is 0 Å². The number of benzene rings is 1. The van der Waals surface area contributed by atoms with E-state index in [0.29, 0.717) is 5.69 Å². The van der Waals surface area contributed by atoms with Gasteiger partial charge in [-0.25, -0.2) is 4.79 Å². The van der Waals surface area contributed by atoms with Gasteiger partial charge < -0.3 is 15.1 Å². The van der Waals surface area contributed by atoms with Crippen molar-refractivity contribution >= 4 is 23.5 Å². The highest BCUT2D eigenvalue weighted by molar-refractivity contribution is 5.93. The zero-order chi connectivity index (χ0) is 13.7. The Morgan fingerprint density at radius 1 is 1.11 bits per heavy atom. The Kier molecular flexibility index (Phi) is 4.42. The number of anilines is 1. The minimum Gasteiger partial charge on any atom is -0.481 e. The van der Waals surface area contributed by atoms with Gasteiger partial charge in [0, 0.05) is 19.2 Å². The summed E-state index contributed by atoms with van der Waals surface area (Å²) in [6, 6.07) is 5.70. The van der Waals surface area contributed by atoms with Crippen LogP contribution >= 0.6 is 0 Å². The predicted molar refractivity (Wildman–Crippen MR) is 63.7 cm³/mol. The van der Waals surface area contributed by atoms with E-state index in [4.69, 9.17) is 10.2 Å². The third kappa shape index (κ3) is 3.58. The summed E-state index contributed by atoms with van der Waals surface area (Å²) in [5.74, 6) is -2.34. The molecular weight excluding hydrogens is 238 g/mol. The van der Waals surface area contributed by atoms with E-state index in [1.54, 1.807) is 0 Å². The maximum Gasteiger partial charge on any atom is 0.335 e. The molecule has 0 heterocycles. The van der Waals surface area contributed by atoms with Crippen molar-refractivity contribution in [3.05, 3.63) is 29.8 Å². The van der Waals surface area contributed by atoms with Gasteiger partial charge in [-0.05, 0) is 24.3 Å². The first-order chi connectivity index (χ1) is 8.41. The maximum atomic E-state index is 11.4. The molecule has 0 aliphatic rings. The fraction of sp³-hybridized carbons (Fsp3) is 0.250. The highest BCUT2D eigenvalue weighted by atomic mass is 16.4. The summed E-state index contributed by atoms with van der Waals surface area (Å²) in [7, 11) is 0. The molecule has 0 saturated heterocycles. The lowest BCUT2D eigenvalue weighted by molar-refractivity contribution is -0.136. The van der Waals surface area contributed by atoms with Crippen molar-refractivity contribution < 1.29 is 24.6 Å². The van der Waals surface area contributed by atoms with Crippen molar-refractivity contribution in [2.24, 2.45) is 0 Å². The van der Waals surface area contributed by atoms with Crippen molar-refractivity contribution in [1.29, 1.82) is 0 Å². The number of aliphatic carboxylic acids is 1. The summed E-state index contributed by atoms with van der Waals surface area (Å²) < 4.78 is 0. The summed E-state index contributed by atoms with van der Waals surface area (Å²) in [4.78, 5) is 33.8. The van der Waals surface area contributed by atoms with Crippen LogP contribution < -0.4 is 4.90 Å². The molecule has 0 radical (unpaired) electrons. The van der Waals surface area contributed by atoms with E-state index in [1.165, 1.54) is 36.1 Å². The summed E-state index contributed by atoms with van der Waals surface area (Å²) in [6.45, 7) is 1.38. The largest absolute Gasteiger partial charge is 0.481 e. The monoisotopic (exact) mass is 251 g/mol. The Bertz CT molecular complexity index is 466. The Morgan fingerprint density at radius 3 is 2.06 bits per heavy atom. The second-order valence-corrected chi connectivity index (χ2v) is 3.67. The van der Waals surface area contributed by atoms with Gasteiger partial charge in [-0.3, -0.25) is 9.59 Å². The number of nitrogens with zero attached hydrogens (tertiary/aromatic N) is 1. The van der Waals surface area contributed by atoms with Gasteiger partial charge in [0.2, 0.25) is 5.91 Å². The van der Waals surface area contributed by atoms with Crippen molar-refractivity contribution in [3.8, 4) is 0 Å². The third-order valence-electron chi connectivity index (χ3n) is 2.36. The Hall–Kier alpha value is -2.37. The number of amides is 1. The van der Waals surface area contributed by atoms with Crippen LogP contribution in [0.1, 0.15) is 23.7 Å². The fourth-order valence-corrected chi connectivity index (χ4v) is 1.46. The third-order valence-corrected chi connectivity index (χ3v) is 2.36. The lowest BCUT2D eigenvalue weighted by Crippen LogP contribution is -2.30. The van der Waals surface area contributed by atoms with Gasteiger partial charge in [-0.2, -0.15) is 0 Å². The fourth-order valence-electron chi connectivity index (χ4n) is 1.46. The lowest BCUT2D eigenvalue weighted by atomic mass is 10.2. The van der Waals surface area contributed by atoms with Crippen molar-refractivity contribution in [2.75, 3.05) is 11.4 Å². The number of hydrogen-bond donors (Lipinski definition) is 2. The number of aromatic carboxylic acids is 1. The molecule has 0 atom stereocenters. The van der Waals surface area contributed by atoms with Gasteiger partial charge >= 0.3 is 11.9 Å². The summed E-state index contributed by atoms with van der Waals surface area (Å²) in [6.07, 6.45) is -0.166. The molecule has 0 aliphatic carbocycles. The molecule has 1 rings (SSSR count). The Morgan fingerprint density at radius 2 is 1.67 bits per heavy atom. The smallest absolute Gasteiger partial charge is 0.335 e. The average Bonchev–Trinajstić information content (AvgIpc) is 2.29. The average molecular weight is 251 g/mol. The van der Waals surface area contributed by atoms with E-state index in [9.17, 15) is 14.4 Å². The first-order valence-corrected chi connectivity index (χ1v) is 5.25. The molecule has 6 nitrogen and oxygen atoms in total. The van der Waals surface area contributed by atoms with Crippen LogP contribution in [0.2, 0.25) is 0 Å². The molecule has 0 fully saturated rings. The molecule has 0 bridgehead atoms. The molecule has 0 saturated carbocycles. The van der Waals surface area contributed by atoms with Crippen molar-refractivity contribution in [2.45, 2.75) is 13.3 Å². The van der Waals surface area contributed by atoms with Crippen LogP contribution in [0, 0.1) is 0 Å². The highest BCUT2D eigenvalue weighted by Gasteiger charge is 2.13. The number of hydrogen-bond acceptors (Lipinski definition) is 3. The van der Waals surface area contributed by atoms with Crippen LogP contribution in [0.4, 0.5) is 5.69 Å². The number of carbonyl (C=O) groups excluding carboxylic acids is 1. The molecule has 1 aromatic carbocycles. The van der Waals surface area contributed by atoms with Gasteiger partial charge in [0.25, 0.3) is 0 Å². The van der Waals surface area contributed by atoms with Crippen LogP contribution in [0.3, 0.4) is 0 Å². The topological polar surface area (TPSA) is 94.9 Å². The zero-order valence-corrected chi connectivity index (χ0v) is 9.79. The van der Waals surface area contributed by atoms with E-state index < -0.39 is 11.9 Å². The quantitative estimate of drug-likeness (QED) is 0.820. The van der Waals surface area contributed by atoms with Crippen LogP contribution in [-0.4, -0.2) is 34.6 Å². The van der Waals surface area contributed by atoms with E-state index in [-0.39, 0.29) is 24.4 Å². The SMILES string of the molecule is CC(=O)N(CCC(=O)O)c1ccc(C(=O)O)cc1. The van der Waals surface area contributed by atoms with Gasteiger partial charge in [-0.1, -0.05) is 0 Å². The molecule has 0 aromatic heterocycles. The Labute approximate surface area is 103 Å². The molecule has 0 aliphatic heterocycles. The molecule has 0 unspecified atom stereocenters. The van der Waals surface area contributed by atoms with Crippen molar-refractivity contribution in [3.63, 3.8) is 0 Å². The number of carboxylic acid groups (broad SMARTS) is 2. The van der Waals surface area contributed by atoms with Crippen LogP contribution in [0.25, 0.3) is 0 Å². The first-order valence-electron chi connectivity index (χ1n) is 5.25. The minimum absolute atomic E-state index is 0.0527. The standard InChI is InChI=1S/C12H13NO5/c1-8(14)13(7-6-11(15)16)10-4-2-9(3-5-10)12(17)18/h2-5H,6-7H2,1H3,(H,15,16)(H,17,18). The lowest BCUT2D eigenvalue weighted by Gasteiger charge is -2.20. The second kappa shape index (κ2) is 5.81. The van der Waals surface area contributed by atoms with Gasteiger partial charge in [0.05, 0.1) is 12.0 Å². The van der Waals surface area contributed by atoms with E-state index in [0.717, 1.165) is 0 Å².